The third kappa shape index (κ3) is 1.99. The molecule has 3 heteroatoms. The Kier molecular flexibility index (Phi) is 3.40. The molecule has 2 aromatic rings. The van der Waals surface area contributed by atoms with Crippen molar-refractivity contribution in [2.45, 2.75) is 20.8 Å². The molecule has 0 aliphatic carbocycles. The highest BCUT2D eigenvalue weighted by molar-refractivity contribution is 5.70. The second-order valence-corrected chi connectivity index (χ2v) is 2.77. The monoisotopic (exact) mass is 191 g/mol. The van der Waals surface area contributed by atoms with Gasteiger partial charge in [0.2, 0.25) is 6.20 Å². The minimum atomic E-state index is 0.734. The van der Waals surface area contributed by atoms with E-state index in [1.165, 1.54) is 0 Å². The van der Waals surface area contributed by atoms with E-state index in [1.807, 2.05) is 32.9 Å². The molecule has 3 nitrogen and oxygen atoms in total. The van der Waals surface area contributed by atoms with Gasteiger partial charge in [0.1, 0.15) is 5.52 Å². The van der Waals surface area contributed by atoms with Gasteiger partial charge in [-0.1, -0.05) is 13.8 Å². The van der Waals surface area contributed by atoms with Gasteiger partial charge in [-0.25, -0.2) is 4.98 Å². The standard InChI is InChI=1S/C9H9N2O.C2H6/c1-7-5-9-8(10-6-7)3-2-4-11(9)12;1-2/h2-6,12H,1H3;1-2H3/q+1;. The summed E-state index contributed by atoms with van der Waals surface area (Å²) in [4.78, 5) is 4.16. The van der Waals surface area contributed by atoms with Gasteiger partial charge in [-0.3, -0.25) is 5.21 Å². The van der Waals surface area contributed by atoms with Gasteiger partial charge in [0.15, 0.2) is 0 Å². The van der Waals surface area contributed by atoms with Crippen molar-refractivity contribution in [1.29, 1.82) is 0 Å². The van der Waals surface area contributed by atoms with Crippen LogP contribution >= 0.6 is 0 Å². The molecule has 2 aromatic heterocycles. The molecule has 2 rings (SSSR count). The lowest BCUT2D eigenvalue weighted by Gasteiger charge is -1.93. The van der Waals surface area contributed by atoms with Gasteiger partial charge in [-0.2, -0.15) is 0 Å². The van der Waals surface area contributed by atoms with E-state index in [0.29, 0.717) is 0 Å². The first-order valence-corrected chi connectivity index (χ1v) is 4.73. The highest BCUT2D eigenvalue weighted by Gasteiger charge is 2.06. The zero-order chi connectivity index (χ0) is 10.6. The van der Waals surface area contributed by atoms with E-state index in [9.17, 15) is 5.21 Å². The Labute approximate surface area is 83.6 Å². The summed E-state index contributed by atoms with van der Waals surface area (Å²) in [6.45, 7) is 5.94. The highest BCUT2D eigenvalue weighted by Crippen LogP contribution is 2.06. The highest BCUT2D eigenvalue weighted by atomic mass is 16.5. The Morgan fingerprint density at radius 2 is 2.07 bits per heavy atom. The number of pyridine rings is 2. The quantitative estimate of drug-likeness (QED) is 0.511. The van der Waals surface area contributed by atoms with Crippen molar-refractivity contribution in [2.75, 3.05) is 0 Å². The van der Waals surface area contributed by atoms with Crippen LogP contribution in [0.15, 0.2) is 30.6 Å². The van der Waals surface area contributed by atoms with E-state index >= 15 is 0 Å². The number of aromatic nitrogens is 2. The van der Waals surface area contributed by atoms with E-state index in [4.69, 9.17) is 0 Å². The zero-order valence-electron chi connectivity index (χ0n) is 8.73. The van der Waals surface area contributed by atoms with Crippen LogP contribution in [0, 0.1) is 6.92 Å². The molecule has 0 radical (unpaired) electrons. The molecule has 0 atom stereocenters. The van der Waals surface area contributed by atoms with Crippen molar-refractivity contribution < 1.29 is 9.94 Å². The number of fused-ring (bicyclic) bond motifs is 1. The van der Waals surface area contributed by atoms with Gasteiger partial charge in [0.05, 0.1) is 0 Å². The number of hydrogen-bond acceptors (Lipinski definition) is 2. The Hall–Kier alpha value is -1.64. The van der Waals surface area contributed by atoms with E-state index in [-0.39, 0.29) is 0 Å². The van der Waals surface area contributed by atoms with E-state index in [1.54, 1.807) is 18.5 Å². The van der Waals surface area contributed by atoms with Gasteiger partial charge in [-0.05, 0) is 18.6 Å². The maximum absolute atomic E-state index is 9.37. The summed E-state index contributed by atoms with van der Waals surface area (Å²) < 4.78 is 1.08. The van der Waals surface area contributed by atoms with E-state index < -0.39 is 0 Å². The van der Waals surface area contributed by atoms with Crippen LogP contribution in [0.2, 0.25) is 0 Å². The van der Waals surface area contributed by atoms with Crippen molar-refractivity contribution in [1.82, 2.24) is 4.98 Å². The first-order valence-electron chi connectivity index (χ1n) is 4.73. The van der Waals surface area contributed by atoms with Crippen LogP contribution in [0.25, 0.3) is 11.0 Å². The van der Waals surface area contributed by atoms with Gasteiger partial charge < -0.3 is 0 Å². The smallest absolute Gasteiger partial charge is 0.282 e. The SMILES string of the molecule is CC.Cc1cnc2ccc[n+](O)c2c1. The number of rotatable bonds is 0. The number of nitrogens with zero attached hydrogens (tertiary/aromatic N) is 2. The largest absolute Gasteiger partial charge is 0.284 e. The van der Waals surface area contributed by atoms with Crippen molar-refractivity contribution in [3.05, 3.63) is 36.2 Å². The molecular formula is C11H15N2O+. The normalized spacial score (nSPS) is 9.36. The third-order valence-electron chi connectivity index (χ3n) is 1.76. The molecule has 0 saturated heterocycles. The van der Waals surface area contributed by atoms with E-state index in [0.717, 1.165) is 21.3 Å². The fraction of sp³-hybridized carbons (Fsp3) is 0.273. The molecule has 0 aromatic carbocycles. The molecule has 0 amide bonds. The minimum absolute atomic E-state index is 0.734. The van der Waals surface area contributed by atoms with Crippen LogP contribution < -0.4 is 4.73 Å². The summed E-state index contributed by atoms with van der Waals surface area (Å²) in [7, 11) is 0. The van der Waals surface area contributed by atoms with Gasteiger partial charge >= 0.3 is 0 Å². The van der Waals surface area contributed by atoms with Gasteiger partial charge in [0.25, 0.3) is 5.52 Å². The van der Waals surface area contributed by atoms with Crippen LogP contribution in [0.1, 0.15) is 19.4 Å². The maximum atomic E-state index is 9.37. The molecule has 0 bridgehead atoms. The first-order chi connectivity index (χ1) is 6.77. The summed E-state index contributed by atoms with van der Waals surface area (Å²) in [5.41, 5.74) is 2.57. The molecule has 0 spiro atoms. The molecule has 14 heavy (non-hydrogen) atoms. The number of aryl methyl sites for hydroxylation is 1. The molecule has 0 fully saturated rings. The predicted octanol–water partition coefficient (Wildman–Crippen LogP) is 2.09. The molecule has 0 aliphatic rings. The molecule has 0 aliphatic heterocycles. The third-order valence-corrected chi connectivity index (χ3v) is 1.76. The molecule has 2 heterocycles. The average Bonchev–Trinajstić information content (AvgIpc) is 2.22. The van der Waals surface area contributed by atoms with Gasteiger partial charge in [0, 0.05) is 23.1 Å². The summed E-state index contributed by atoms with van der Waals surface area (Å²) in [5.74, 6) is 0. The average molecular weight is 191 g/mol. The second-order valence-electron chi connectivity index (χ2n) is 2.77. The Bertz CT molecular complexity index is 427. The predicted molar refractivity (Wildman–Crippen MR) is 55.2 cm³/mol. The molecule has 1 N–H and O–H groups in total. The summed E-state index contributed by atoms with van der Waals surface area (Å²) in [6.07, 6.45) is 3.37. The lowest BCUT2D eigenvalue weighted by atomic mass is 10.2. The van der Waals surface area contributed by atoms with Crippen molar-refractivity contribution in [3.63, 3.8) is 0 Å². The fourth-order valence-corrected chi connectivity index (χ4v) is 1.17. The Morgan fingerprint density at radius 1 is 1.36 bits per heavy atom. The number of hydrogen-bond donors (Lipinski definition) is 1. The Morgan fingerprint density at radius 3 is 2.79 bits per heavy atom. The van der Waals surface area contributed by atoms with E-state index in [2.05, 4.69) is 4.98 Å². The molecular weight excluding hydrogens is 176 g/mol. The van der Waals surface area contributed by atoms with Crippen LogP contribution in [0.4, 0.5) is 0 Å². The first kappa shape index (κ1) is 10.4. The second kappa shape index (κ2) is 4.56. The summed E-state index contributed by atoms with van der Waals surface area (Å²) in [5, 5.41) is 9.37. The fourth-order valence-electron chi connectivity index (χ4n) is 1.17. The summed E-state index contributed by atoms with van der Waals surface area (Å²) >= 11 is 0. The van der Waals surface area contributed by atoms with Crippen LogP contribution in [0.5, 0.6) is 0 Å². The molecule has 74 valence electrons. The maximum Gasteiger partial charge on any atom is 0.282 e. The minimum Gasteiger partial charge on any atom is -0.284 e. The van der Waals surface area contributed by atoms with Crippen molar-refractivity contribution in [3.8, 4) is 0 Å². The lowest BCUT2D eigenvalue weighted by molar-refractivity contribution is -0.884. The molecule has 0 unspecified atom stereocenters. The lowest BCUT2D eigenvalue weighted by Crippen LogP contribution is -2.30. The van der Waals surface area contributed by atoms with Crippen LogP contribution in [0.3, 0.4) is 0 Å². The molecule has 0 saturated carbocycles. The summed E-state index contributed by atoms with van der Waals surface area (Å²) in [6, 6.07) is 5.51. The van der Waals surface area contributed by atoms with Crippen LogP contribution in [-0.4, -0.2) is 10.2 Å². The van der Waals surface area contributed by atoms with Crippen molar-refractivity contribution >= 4 is 11.0 Å². The van der Waals surface area contributed by atoms with Crippen LogP contribution in [-0.2, 0) is 0 Å². The topological polar surface area (TPSA) is 37.0 Å². The van der Waals surface area contributed by atoms with Crippen molar-refractivity contribution in [2.24, 2.45) is 0 Å². The Balaban J connectivity index is 0.000000461. The van der Waals surface area contributed by atoms with Gasteiger partial charge in [-0.15, -0.1) is 0 Å². The zero-order valence-corrected chi connectivity index (χ0v) is 8.73.